The number of hydrogen-bond donors (Lipinski definition) is 1. The average Bonchev–Trinajstić information content (AvgIpc) is 2.67. The van der Waals surface area contributed by atoms with Gasteiger partial charge in [0.1, 0.15) is 12.4 Å². The average molecular weight is 368 g/mol. The van der Waals surface area contributed by atoms with E-state index in [0.717, 1.165) is 29.7 Å². The van der Waals surface area contributed by atoms with E-state index in [0.29, 0.717) is 18.0 Å². The van der Waals surface area contributed by atoms with E-state index in [1.165, 1.54) is 7.11 Å². The molecule has 0 fully saturated rings. The highest BCUT2D eigenvalue weighted by atomic mass is 16.5. The first kappa shape index (κ1) is 18.9. The van der Waals surface area contributed by atoms with Crippen LogP contribution >= 0.6 is 0 Å². The quantitative estimate of drug-likeness (QED) is 0.851. The fraction of sp³-hybridized carbons (Fsp3) is 0.333. The molecular formula is C21H24N2O4. The number of carbonyl (C=O) groups is 2. The predicted octanol–water partition coefficient (Wildman–Crippen LogP) is 2.94. The summed E-state index contributed by atoms with van der Waals surface area (Å²) in [5.41, 5.74) is 3.62. The second kappa shape index (κ2) is 8.68. The van der Waals surface area contributed by atoms with Gasteiger partial charge in [0.05, 0.1) is 0 Å². The van der Waals surface area contributed by atoms with E-state index in [1.54, 1.807) is 4.90 Å². The lowest BCUT2D eigenvalue weighted by Gasteiger charge is -2.29. The van der Waals surface area contributed by atoms with Crippen molar-refractivity contribution in [1.82, 2.24) is 0 Å². The SMILES string of the molecule is COCC(=O)N1CCCc2cc(NC(=O)COc3ccccc3C)ccc21. The topological polar surface area (TPSA) is 67.9 Å². The molecule has 3 rings (SSSR count). The molecule has 2 aromatic carbocycles. The zero-order chi connectivity index (χ0) is 19.2. The summed E-state index contributed by atoms with van der Waals surface area (Å²) in [4.78, 5) is 26.1. The number of nitrogens with zero attached hydrogens (tertiary/aromatic N) is 1. The van der Waals surface area contributed by atoms with Gasteiger partial charge in [0.2, 0.25) is 0 Å². The summed E-state index contributed by atoms with van der Waals surface area (Å²) in [5.74, 6) is 0.425. The molecule has 142 valence electrons. The lowest BCUT2D eigenvalue weighted by molar-refractivity contribution is -0.122. The molecule has 0 radical (unpaired) electrons. The van der Waals surface area contributed by atoms with Gasteiger partial charge in [-0.25, -0.2) is 0 Å². The first-order valence-corrected chi connectivity index (χ1v) is 8.99. The number of aryl methyl sites for hydroxylation is 2. The van der Waals surface area contributed by atoms with Crippen LogP contribution in [0.1, 0.15) is 17.5 Å². The van der Waals surface area contributed by atoms with Gasteiger partial charge in [-0.15, -0.1) is 0 Å². The number of rotatable bonds is 6. The van der Waals surface area contributed by atoms with E-state index < -0.39 is 0 Å². The van der Waals surface area contributed by atoms with E-state index in [2.05, 4.69) is 5.32 Å². The Morgan fingerprint density at radius 3 is 2.74 bits per heavy atom. The number of hydrogen-bond acceptors (Lipinski definition) is 4. The Morgan fingerprint density at radius 2 is 1.96 bits per heavy atom. The minimum atomic E-state index is -0.221. The van der Waals surface area contributed by atoms with Gasteiger partial charge in [-0.2, -0.15) is 0 Å². The van der Waals surface area contributed by atoms with Crippen LogP contribution in [-0.4, -0.2) is 38.7 Å². The maximum Gasteiger partial charge on any atom is 0.262 e. The third-order valence-corrected chi connectivity index (χ3v) is 4.50. The van der Waals surface area contributed by atoms with Crippen molar-refractivity contribution in [3.05, 3.63) is 53.6 Å². The Morgan fingerprint density at radius 1 is 1.15 bits per heavy atom. The van der Waals surface area contributed by atoms with Crippen LogP contribution in [-0.2, 0) is 20.7 Å². The number of nitrogens with one attached hydrogen (secondary N) is 1. The van der Waals surface area contributed by atoms with Crippen LogP contribution in [0.4, 0.5) is 11.4 Å². The van der Waals surface area contributed by atoms with E-state index in [1.807, 2.05) is 49.4 Å². The molecule has 0 aliphatic carbocycles. The van der Waals surface area contributed by atoms with Crippen LogP contribution in [0.5, 0.6) is 5.75 Å². The molecule has 0 saturated heterocycles. The molecule has 6 heteroatoms. The number of benzene rings is 2. The molecule has 0 spiro atoms. The number of carbonyl (C=O) groups excluding carboxylic acids is 2. The Balaban J connectivity index is 1.64. The Labute approximate surface area is 159 Å². The fourth-order valence-corrected chi connectivity index (χ4v) is 3.19. The molecule has 27 heavy (non-hydrogen) atoms. The van der Waals surface area contributed by atoms with Crippen molar-refractivity contribution < 1.29 is 19.1 Å². The van der Waals surface area contributed by atoms with Gasteiger partial charge in [-0.3, -0.25) is 9.59 Å². The predicted molar refractivity (Wildman–Crippen MR) is 104 cm³/mol. The zero-order valence-corrected chi connectivity index (χ0v) is 15.7. The summed E-state index contributed by atoms with van der Waals surface area (Å²) in [6.45, 7) is 2.63. The van der Waals surface area contributed by atoms with Crippen LogP contribution in [0.2, 0.25) is 0 Å². The molecule has 0 saturated carbocycles. The molecule has 6 nitrogen and oxygen atoms in total. The van der Waals surface area contributed by atoms with Gasteiger partial charge >= 0.3 is 0 Å². The summed E-state index contributed by atoms with van der Waals surface area (Å²) in [7, 11) is 1.51. The fourth-order valence-electron chi connectivity index (χ4n) is 3.19. The molecule has 0 unspecified atom stereocenters. The van der Waals surface area contributed by atoms with Crippen LogP contribution in [0.25, 0.3) is 0 Å². The summed E-state index contributed by atoms with van der Waals surface area (Å²) in [6.07, 6.45) is 1.76. The third kappa shape index (κ3) is 4.65. The van der Waals surface area contributed by atoms with E-state index >= 15 is 0 Å². The van der Waals surface area contributed by atoms with Crippen LogP contribution < -0.4 is 15.0 Å². The molecule has 0 atom stereocenters. The first-order valence-electron chi connectivity index (χ1n) is 8.99. The number of anilines is 2. The molecule has 1 N–H and O–H groups in total. The molecule has 0 bridgehead atoms. The molecule has 2 aromatic rings. The molecule has 2 amide bonds. The van der Waals surface area contributed by atoms with Gasteiger partial charge in [0, 0.05) is 25.0 Å². The second-order valence-corrected chi connectivity index (χ2v) is 6.53. The van der Waals surface area contributed by atoms with E-state index in [4.69, 9.17) is 9.47 Å². The van der Waals surface area contributed by atoms with Crippen molar-refractivity contribution in [2.75, 3.05) is 37.1 Å². The van der Waals surface area contributed by atoms with Crippen molar-refractivity contribution in [1.29, 1.82) is 0 Å². The highest BCUT2D eigenvalue weighted by Crippen LogP contribution is 2.30. The van der Waals surface area contributed by atoms with Gasteiger partial charge < -0.3 is 19.7 Å². The normalized spacial score (nSPS) is 13.0. The molecular weight excluding hydrogens is 344 g/mol. The third-order valence-electron chi connectivity index (χ3n) is 4.50. The van der Waals surface area contributed by atoms with Crippen molar-refractivity contribution in [2.24, 2.45) is 0 Å². The van der Waals surface area contributed by atoms with E-state index in [9.17, 15) is 9.59 Å². The largest absolute Gasteiger partial charge is 0.483 e. The smallest absolute Gasteiger partial charge is 0.262 e. The number of fused-ring (bicyclic) bond motifs is 1. The van der Waals surface area contributed by atoms with Crippen LogP contribution in [0.3, 0.4) is 0 Å². The number of ether oxygens (including phenoxy) is 2. The number of para-hydroxylation sites is 1. The lowest BCUT2D eigenvalue weighted by atomic mass is 10.0. The maximum absolute atomic E-state index is 12.2. The minimum absolute atomic E-state index is 0.0538. The van der Waals surface area contributed by atoms with Gasteiger partial charge in [0.25, 0.3) is 11.8 Å². The molecule has 1 heterocycles. The van der Waals surface area contributed by atoms with Crippen LogP contribution in [0.15, 0.2) is 42.5 Å². The van der Waals surface area contributed by atoms with Gasteiger partial charge in [0.15, 0.2) is 6.61 Å². The lowest BCUT2D eigenvalue weighted by Crippen LogP contribution is -2.37. The molecule has 1 aliphatic heterocycles. The number of amides is 2. The Kier molecular flexibility index (Phi) is 6.08. The minimum Gasteiger partial charge on any atom is -0.483 e. The summed E-state index contributed by atoms with van der Waals surface area (Å²) in [6, 6.07) is 13.2. The highest BCUT2D eigenvalue weighted by Gasteiger charge is 2.22. The van der Waals surface area contributed by atoms with Crippen LogP contribution in [0, 0.1) is 6.92 Å². The van der Waals surface area contributed by atoms with E-state index in [-0.39, 0.29) is 25.0 Å². The van der Waals surface area contributed by atoms with Crippen molar-refractivity contribution in [3.8, 4) is 5.75 Å². The number of methoxy groups -OCH3 is 1. The van der Waals surface area contributed by atoms with Gasteiger partial charge in [-0.05, 0) is 55.2 Å². The standard InChI is InChI=1S/C21H24N2O4/c1-15-6-3-4-8-19(15)27-13-20(24)22-17-9-10-18-16(12-17)7-5-11-23(18)21(25)14-26-2/h3-4,6,8-10,12H,5,7,11,13-14H2,1-2H3,(H,22,24). The summed E-state index contributed by atoms with van der Waals surface area (Å²) < 4.78 is 10.5. The Hall–Kier alpha value is -2.86. The van der Waals surface area contributed by atoms with Crippen molar-refractivity contribution in [2.45, 2.75) is 19.8 Å². The second-order valence-electron chi connectivity index (χ2n) is 6.53. The first-order chi connectivity index (χ1) is 13.1. The highest BCUT2D eigenvalue weighted by molar-refractivity contribution is 5.96. The maximum atomic E-state index is 12.2. The summed E-state index contributed by atoms with van der Waals surface area (Å²) in [5, 5.41) is 2.86. The van der Waals surface area contributed by atoms with Crippen molar-refractivity contribution >= 4 is 23.2 Å². The van der Waals surface area contributed by atoms with Gasteiger partial charge in [-0.1, -0.05) is 18.2 Å². The molecule has 1 aliphatic rings. The zero-order valence-electron chi connectivity index (χ0n) is 15.7. The summed E-state index contributed by atoms with van der Waals surface area (Å²) >= 11 is 0. The Bertz CT molecular complexity index is 835. The molecule has 0 aromatic heterocycles. The monoisotopic (exact) mass is 368 g/mol. The van der Waals surface area contributed by atoms with Crippen molar-refractivity contribution in [3.63, 3.8) is 0 Å².